The van der Waals surface area contributed by atoms with Crippen LogP contribution in [0.3, 0.4) is 0 Å². The van der Waals surface area contributed by atoms with E-state index in [0.29, 0.717) is 13.0 Å². The first kappa shape index (κ1) is 17.7. The Hall–Kier alpha value is -0.330. The van der Waals surface area contributed by atoms with Crippen LogP contribution in [0.2, 0.25) is 0 Å². The Morgan fingerprint density at radius 1 is 1.40 bits per heavy atom. The van der Waals surface area contributed by atoms with Crippen molar-refractivity contribution in [3.63, 3.8) is 0 Å². The highest BCUT2D eigenvalue weighted by Gasteiger charge is 2.41. The molecule has 2 atom stereocenters. The molecule has 0 aromatic carbocycles. The first-order chi connectivity index (χ1) is 9.33. The van der Waals surface area contributed by atoms with Gasteiger partial charge in [-0.1, -0.05) is 13.3 Å². The Labute approximate surface area is 119 Å². The van der Waals surface area contributed by atoms with Gasteiger partial charge in [-0.2, -0.15) is 13.2 Å². The Morgan fingerprint density at radius 2 is 2.10 bits per heavy atom. The van der Waals surface area contributed by atoms with Gasteiger partial charge in [0, 0.05) is 5.54 Å². The largest absolute Gasteiger partial charge is 0.401 e. The molecule has 0 radical (unpaired) electrons. The van der Waals surface area contributed by atoms with Crippen molar-refractivity contribution in [3.05, 3.63) is 0 Å². The number of aliphatic hydroxyl groups excluding tert-OH is 1. The van der Waals surface area contributed by atoms with Crippen LogP contribution in [-0.2, 0) is 0 Å². The van der Waals surface area contributed by atoms with Gasteiger partial charge >= 0.3 is 6.18 Å². The molecule has 120 valence electrons. The first-order valence-corrected chi connectivity index (χ1v) is 7.44. The summed E-state index contributed by atoms with van der Waals surface area (Å²) in [5.41, 5.74) is -0.283. The molecule has 3 nitrogen and oxygen atoms in total. The molecular formula is C14H27F3N2O. The highest BCUT2D eigenvalue weighted by Crippen LogP contribution is 2.37. The third-order valence-electron chi connectivity index (χ3n) is 4.27. The zero-order valence-corrected chi connectivity index (χ0v) is 12.5. The summed E-state index contributed by atoms with van der Waals surface area (Å²) in [7, 11) is 1.50. The lowest BCUT2D eigenvalue weighted by Gasteiger charge is -2.36. The molecule has 1 aliphatic rings. The van der Waals surface area contributed by atoms with E-state index < -0.39 is 12.7 Å². The SMILES string of the molecule is CCCNC1(CO)CCCC1CCN(C)CC(F)(F)F. The molecule has 0 bridgehead atoms. The molecule has 6 heteroatoms. The summed E-state index contributed by atoms with van der Waals surface area (Å²) >= 11 is 0. The van der Waals surface area contributed by atoms with Crippen molar-refractivity contribution in [3.8, 4) is 0 Å². The molecule has 2 unspecified atom stereocenters. The third-order valence-corrected chi connectivity index (χ3v) is 4.27. The van der Waals surface area contributed by atoms with E-state index in [9.17, 15) is 18.3 Å². The van der Waals surface area contributed by atoms with Crippen LogP contribution < -0.4 is 5.32 Å². The summed E-state index contributed by atoms with van der Waals surface area (Å²) in [5, 5.41) is 13.1. The molecule has 0 saturated heterocycles. The van der Waals surface area contributed by atoms with Crippen LogP contribution in [0.15, 0.2) is 0 Å². The van der Waals surface area contributed by atoms with Gasteiger partial charge in [0.25, 0.3) is 0 Å². The number of nitrogens with one attached hydrogen (secondary N) is 1. The number of nitrogens with zero attached hydrogens (tertiary/aromatic N) is 1. The monoisotopic (exact) mass is 296 g/mol. The standard InChI is InChI=1S/C14H27F3N2O/c1-3-8-18-13(11-20)7-4-5-12(13)6-9-19(2)10-14(15,16)17/h12,18,20H,3-11H2,1-2H3. The number of aliphatic hydroxyl groups is 1. The highest BCUT2D eigenvalue weighted by atomic mass is 19.4. The van der Waals surface area contributed by atoms with Gasteiger partial charge in [0.15, 0.2) is 0 Å². The number of hydrogen-bond acceptors (Lipinski definition) is 3. The highest BCUT2D eigenvalue weighted by molar-refractivity contribution is 4.99. The third kappa shape index (κ3) is 5.22. The Kier molecular flexibility index (Phi) is 6.75. The van der Waals surface area contributed by atoms with Crippen LogP contribution in [0.5, 0.6) is 0 Å². The van der Waals surface area contributed by atoms with Crippen molar-refractivity contribution in [1.82, 2.24) is 10.2 Å². The zero-order chi connectivity index (χ0) is 15.2. The van der Waals surface area contributed by atoms with Crippen molar-refractivity contribution in [2.45, 2.75) is 50.7 Å². The van der Waals surface area contributed by atoms with Gasteiger partial charge in [-0.05, 0) is 51.7 Å². The van der Waals surface area contributed by atoms with Crippen LogP contribution in [0.25, 0.3) is 0 Å². The van der Waals surface area contributed by atoms with Crippen molar-refractivity contribution >= 4 is 0 Å². The molecule has 0 spiro atoms. The molecule has 1 rings (SSSR count). The molecule has 0 aromatic rings. The lowest BCUT2D eigenvalue weighted by Crippen LogP contribution is -2.52. The van der Waals surface area contributed by atoms with E-state index in [0.717, 1.165) is 32.2 Å². The van der Waals surface area contributed by atoms with E-state index in [2.05, 4.69) is 12.2 Å². The second kappa shape index (κ2) is 7.61. The average molecular weight is 296 g/mol. The lowest BCUT2D eigenvalue weighted by atomic mass is 9.85. The minimum atomic E-state index is -4.14. The summed E-state index contributed by atoms with van der Waals surface area (Å²) in [6, 6.07) is 0. The van der Waals surface area contributed by atoms with E-state index in [1.165, 1.54) is 11.9 Å². The predicted molar refractivity (Wildman–Crippen MR) is 73.6 cm³/mol. The second-order valence-electron chi connectivity index (χ2n) is 5.97. The average Bonchev–Trinajstić information content (AvgIpc) is 2.75. The predicted octanol–water partition coefficient (Wildman–Crippen LogP) is 2.40. The van der Waals surface area contributed by atoms with Crippen LogP contribution in [0.4, 0.5) is 13.2 Å². The second-order valence-corrected chi connectivity index (χ2v) is 5.97. The summed E-state index contributed by atoms with van der Waals surface area (Å²) in [6.07, 6.45) is 0.477. The fourth-order valence-corrected chi connectivity index (χ4v) is 3.20. The molecule has 1 fully saturated rings. The summed E-state index contributed by atoms with van der Waals surface area (Å²) in [6.45, 7) is 2.53. The van der Waals surface area contributed by atoms with Crippen molar-refractivity contribution in [2.75, 3.05) is 33.3 Å². The zero-order valence-electron chi connectivity index (χ0n) is 12.5. The van der Waals surface area contributed by atoms with Gasteiger partial charge in [0.05, 0.1) is 13.2 Å². The van der Waals surface area contributed by atoms with E-state index in [1.807, 2.05) is 0 Å². The van der Waals surface area contributed by atoms with E-state index >= 15 is 0 Å². The lowest BCUT2D eigenvalue weighted by molar-refractivity contribution is -0.143. The van der Waals surface area contributed by atoms with Crippen molar-refractivity contribution < 1.29 is 18.3 Å². The fourth-order valence-electron chi connectivity index (χ4n) is 3.20. The van der Waals surface area contributed by atoms with Gasteiger partial charge < -0.3 is 10.4 Å². The topological polar surface area (TPSA) is 35.5 Å². The van der Waals surface area contributed by atoms with Crippen LogP contribution in [-0.4, -0.2) is 55.0 Å². The summed E-state index contributed by atoms with van der Waals surface area (Å²) in [5.74, 6) is 0.259. The van der Waals surface area contributed by atoms with E-state index in [-0.39, 0.29) is 18.1 Å². The van der Waals surface area contributed by atoms with Crippen molar-refractivity contribution in [2.24, 2.45) is 5.92 Å². The molecule has 1 aliphatic carbocycles. The van der Waals surface area contributed by atoms with Crippen LogP contribution in [0, 0.1) is 5.92 Å². The minimum Gasteiger partial charge on any atom is -0.394 e. The molecule has 1 saturated carbocycles. The number of alkyl halides is 3. The maximum atomic E-state index is 12.3. The minimum absolute atomic E-state index is 0.0701. The smallest absolute Gasteiger partial charge is 0.394 e. The van der Waals surface area contributed by atoms with Gasteiger partial charge in [-0.3, -0.25) is 4.90 Å². The van der Waals surface area contributed by atoms with E-state index in [1.54, 1.807) is 0 Å². The molecule has 2 N–H and O–H groups in total. The maximum absolute atomic E-state index is 12.3. The molecule has 20 heavy (non-hydrogen) atoms. The Morgan fingerprint density at radius 3 is 2.65 bits per heavy atom. The Bertz CT molecular complexity index is 286. The molecule has 0 heterocycles. The molecule has 0 amide bonds. The number of rotatable bonds is 8. The van der Waals surface area contributed by atoms with Gasteiger partial charge in [0.1, 0.15) is 0 Å². The van der Waals surface area contributed by atoms with Crippen LogP contribution in [0.1, 0.15) is 39.0 Å². The maximum Gasteiger partial charge on any atom is 0.401 e. The summed E-state index contributed by atoms with van der Waals surface area (Å²) < 4.78 is 36.9. The fraction of sp³-hybridized carbons (Fsp3) is 1.00. The van der Waals surface area contributed by atoms with Gasteiger partial charge in [-0.25, -0.2) is 0 Å². The van der Waals surface area contributed by atoms with E-state index in [4.69, 9.17) is 0 Å². The first-order valence-electron chi connectivity index (χ1n) is 7.44. The number of halogens is 3. The number of hydrogen-bond donors (Lipinski definition) is 2. The van der Waals surface area contributed by atoms with Gasteiger partial charge in [0.2, 0.25) is 0 Å². The van der Waals surface area contributed by atoms with Crippen molar-refractivity contribution in [1.29, 1.82) is 0 Å². The van der Waals surface area contributed by atoms with Crippen LogP contribution >= 0.6 is 0 Å². The molecule has 0 aromatic heterocycles. The normalized spacial score (nSPS) is 27.4. The quantitative estimate of drug-likeness (QED) is 0.722. The molecular weight excluding hydrogens is 269 g/mol. The Balaban J connectivity index is 2.48. The van der Waals surface area contributed by atoms with Gasteiger partial charge in [-0.15, -0.1) is 0 Å². The molecule has 0 aliphatic heterocycles. The summed E-state index contributed by atoms with van der Waals surface area (Å²) in [4.78, 5) is 1.32.